The largest absolute Gasteiger partial charge is 0.489 e. The molecule has 0 aromatic heterocycles. The Morgan fingerprint density at radius 1 is 1.47 bits per heavy atom. The highest BCUT2D eigenvalue weighted by Gasteiger charge is 2.30. The SMILES string of the molecule is COC(=O)C(C)(C)COc1ccc([C@H](C)N)cc1F. The Labute approximate surface area is 112 Å². The second kappa shape index (κ2) is 6.02. The van der Waals surface area contributed by atoms with Crippen molar-refractivity contribution < 1.29 is 18.7 Å². The monoisotopic (exact) mass is 269 g/mol. The first-order valence-electron chi connectivity index (χ1n) is 6.04. The summed E-state index contributed by atoms with van der Waals surface area (Å²) in [5.74, 6) is -0.794. The van der Waals surface area contributed by atoms with Crippen molar-refractivity contribution >= 4 is 5.97 Å². The topological polar surface area (TPSA) is 61.5 Å². The van der Waals surface area contributed by atoms with Gasteiger partial charge in [-0.05, 0) is 38.5 Å². The minimum absolute atomic E-state index is 0.0358. The zero-order chi connectivity index (χ0) is 14.6. The van der Waals surface area contributed by atoms with Crippen LogP contribution in [-0.2, 0) is 9.53 Å². The van der Waals surface area contributed by atoms with Gasteiger partial charge in [-0.15, -0.1) is 0 Å². The van der Waals surface area contributed by atoms with E-state index in [0.717, 1.165) is 0 Å². The summed E-state index contributed by atoms with van der Waals surface area (Å²) in [5, 5.41) is 0. The molecule has 106 valence electrons. The van der Waals surface area contributed by atoms with Crippen LogP contribution in [-0.4, -0.2) is 19.7 Å². The first kappa shape index (κ1) is 15.4. The number of carbonyl (C=O) groups is 1. The standard InChI is InChI=1S/C14H20FNO3/c1-9(16)10-5-6-12(11(15)7-10)19-8-14(2,3)13(17)18-4/h5-7,9H,8,16H2,1-4H3/t9-/m0/s1. The molecule has 0 heterocycles. The number of nitrogens with two attached hydrogens (primary N) is 1. The third kappa shape index (κ3) is 3.92. The predicted molar refractivity (Wildman–Crippen MR) is 70.3 cm³/mol. The van der Waals surface area contributed by atoms with Crippen molar-refractivity contribution in [2.45, 2.75) is 26.8 Å². The smallest absolute Gasteiger partial charge is 0.314 e. The van der Waals surface area contributed by atoms with Crippen molar-refractivity contribution in [3.8, 4) is 5.75 Å². The van der Waals surface area contributed by atoms with E-state index in [1.165, 1.54) is 19.2 Å². The Morgan fingerprint density at radius 2 is 2.11 bits per heavy atom. The normalized spacial score (nSPS) is 12.9. The van der Waals surface area contributed by atoms with Crippen LogP contribution in [0.4, 0.5) is 4.39 Å². The molecule has 0 aliphatic carbocycles. The van der Waals surface area contributed by atoms with Crippen LogP contribution in [0.15, 0.2) is 18.2 Å². The molecule has 0 radical (unpaired) electrons. The highest BCUT2D eigenvalue weighted by Crippen LogP contribution is 2.24. The Hall–Kier alpha value is -1.62. The number of methoxy groups -OCH3 is 1. The third-order valence-electron chi connectivity index (χ3n) is 2.81. The zero-order valence-electron chi connectivity index (χ0n) is 11.7. The molecule has 0 bridgehead atoms. The van der Waals surface area contributed by atoms with Gasteiger partial charge in [0.2, 0.25) is 0 Å². The van der Waals surface area contributed by atoms with Crippen molar-refractivity contribution in [3.05, 3.63) is 29.6 Å². The summed E-state index contributed by atoms with van der Waals surface area (Å²) < 4.78 is 23.8. The molecule has 1 atom stereocenters. The van der Waals surface area contributed by atoms with E-state index in [2.05, 4.69) is 4.74 Å². The summed E-state index contributed by atoms with van der Waals surface area (Å²) in [4.78, 5) is 11.5. The molecule has 1 rings (SSSR count). The van der Waals surface area contributed by atoms with Crippen molar-refractivity contribution in [3.63, 3.8) is 0 Å². The fraction of sp³-hybridized carbons (Fsp3) is 0.500. The van der Waals surface area contributed by atoms with Crippen molar-refractivity contribution in [2.75, 3.05) is 13.7 Å². The van der Waals surface area contributed by atoms with E-state index < -0.39 is 17.2 Å². The number of hydrogen-bond acceptors (Lipinski definition) is 4. The van der Waals surface area contributed by atoms with Crippen LogP contribution in [0, 0.1) is 11.2 Å². The molecule has 4 nitrogen and oxygen atoms in total. The summed E-state index contributed by atoms with van der Waals surface area (Å²) in [6.07, 6.45) is 0. The van der Waals surface area contributed by atoms with E-state index in [9.17, 15) is 9.18 Å². The van der Waals surface area contributed by atoms with Crippen LogP contribution in [0.1, 0.15) is 32.4 Å². The van der Waals surface area contributed by atoms with Gasteiger partial charge in [0.1, 0.15) is 6.61 Å². The first-order valence-corrected chi connectivity index (χ1v) is 6.04. The van der Waals surface area contributed by atoms with Gasteiger partial charge in [0.05, 0.1) is 12.5 Å². The summed E-state index contributed by atoms with van der Waals surface area (Å²) in [7, 11) is 1.31. The van der Waals surface area contributed by atoms with Crippen LogP contribution in [0.5, 0.6) is 5.75 Å². The Bertz CT molecular complexity index is 458. The lowest BCUT2D eigenvalue weighted by Gasteiger charge is -2.22. The van der Waals surface area contributed by atoms with Gasteiger partial charge in [0.25, 0.3) is 0 Å². The van der Waals surface area contributed by atoms with E-state index in [1.54, 1.807) is 26.8 Å². The second-order valence-corrected chi connectivity index (χ2v) is 5.14. The van der Waals surface area contributed by atoms with Gasteiger partial charge in [-0.25, -0.2) is 4.39 Å². The molecule has 0 fully saturated rings. The number of halogens is 1. The molecule has 0 amide bonds. The number of benzene rings is 1. The highest BCUT2D eigenvalue weighted by molar-refractivity contribution is 5.75. The molecule has 0 saturated carbocycles. The molecule has 1 aromatic carbocycles. The number of carbonyl (C=O) groups excluding carboxylic acids is 1. The van der Waals surface area contributed by atoms with Crippen LogP contribution < -0.4 is 10.5 Å². The van der Waals surface area contributed by atoms with Gasteiger partial charge in [0.15, 0.2) is 11.6 Å². The van der Waals surface area contributed by atoms with Gasteiger partial charge in [-0.2, -0.15) is 0 Å². The van der Waals surface area contributed by atoms with Gasteiger partial charge in [-0.3, -0.25) is 4.79 Å². The number of esters is 1. The van der Waals surface area contributed by atoms with Crippen LogP contribution in [0.3, 0.4) is 0 Å². The van der Waals surface area contributed by atoms with Crippen LogP contribution in [0.2, 0.25) is 0 Å². The van der Waals surface area contributed by atoms with Gasteiger partial charge >= 0.3 is 5.97 Å². The molecule has 0 aliphatic heterocycles. The molecule has 1 aromatic rings. The third-order valence-corrected chi connectivity index (χ3v) is 2.81. The molecule has 5 heteroatoms. The van der Waals surface area contributed by atoms with E-state index in [4.69, 9.17) is 10.5 Å². The minimum Gasteiger partial charge on any atom is -0.489 e. The number of rotatable bonds is 5. The van der Waals surface area contributed by atoms with Crippen molar-refractivity contribution in [1.29, 1.82) is 0 Å². The molecule has 0 saturated heterocycles. The number of ether oxygens (including phenoxy) is 2. The van der Waals surface area contributed by atoms with Crippen molar-refractivity contribution in [2.24, 2.45) is 11.1 Å². The Kier molecular flexibility index (Phi) is 4.89. The zero-order valence-corrected chi connectivity index (χ0v) is 11.7. The average molecular weight is 269 g/mol. The van der Waals surface area contributed by atoms with Crippen molar-refractivity contribution in [1.82, 2.24) is 0 Å². The summed E-state index contributed by atoms with van der Waals surface area (Å²) in [5.41, 5.74) is 5.52. The maximum Gasteiger partial charge on any atom is 0.314 e. The summed E-state index contributed by atoms with van der Waals surface area (Å²) in [6.45, 7) is 5.16. The highest BCUT2D eigenvalue weighted by atomic mass is 19.1. The van der Waals surface area contributed by atoms with Gasteiger partial charge < -0.3 is 15.2 Å². The average Bonchev–Trinajstić information content (AvgIpc) is 2.36. The second-order valence-electron chi connectivity index (χ2n) is 5.14. The molecule has 0 spiro atoms. The maximum absolute atomic E-state index is 13.8. The fourth-order valence-corrected chi connectivity index (χ4v) is 1.51. The fourth-order valence-electron chi connectivity index (χ4n) is 1.51. The van der Waals surface area contributed by atoms with E-state index in [0.29, 0.717) is 5.56 Å². The summed E-state index contributed by atoms with van der Waals surface area (Å²) in [6, 6.07) is 4.32. The number of hydrogen-bond donors (Lipinski definition) is 1. The molecule has 2 N–H and O–H groups in total. The lowest BCUT2D eigenvalue weighted by atomic mass is 9.95. The van der Waals surface area contributed by atoms with Crippen LogP contribution >= 0.6 is 0 Å². The molecular weight excluding hydrogens is 249 g/mol. The van der Waals surface area contributed by atoms with Gasteiger partial charge in [0, 0.05) is 6.04 Å². The minimum atomic E-state index is -0.832. The Balaban J connectivity index is 2.76. The molecule has 0 aliphatic rings. The van der Waals surface area contributed by atoms with E-state index >= 15 is 0 Å². The quantitative estimate of drug-likeness (QED) is 0.834. The lowest BCUT2D eigenvalue weighted by Crippen LogP contribution is -2.32. The Morgan fingerprint density at radius 3 is 2.58 bits per heavy atom. The lowest BCUT2D eigenvalue weighted by molar-refractivity contribution is -0.152. The molecule has 0 unspecified atom stereocenters. The van der Waals surface area contributed by atoms with Crippen LogP contribution in [0.25, 0.3) is 0 Å². The summed E-state index contributed by atoms with van der Waals surface area (Å²) >= 11 is 0. The molecular formula is C14H20FNO3. The predicted octanol–water partition coefficient (Wildman–Crippen LogP) is 2.42. The maximum atomic E-state index is 13.8. The van der Waals surface area contributed by atoms with Gasteiger partial charge in [-0.1, -0.05) is 6.07 Å². The molecule has 19 heavy (non-hydrogen) atoms. The van der Waals surface area contributed by atoms with E-state index in [-0.39, 0.29) is 18.4 Å². The first-order chi connectivity index (χ1) is 8.77. The van der Waals surface area contributed by atoms with E-state index in [1.807, 2.05) is 0 Å².